The van der Waals surface area contributed by atoms with Gasteiger partial charge in [-0.25, -0.2) is 31.1 Å². The Kier molecular flexibility index (Phi) is 40.9. The molecule has 0 aliphatic carbocycles. The van der Waals surface area contributed by atoms with Crippen LogP contribution in [0.4, 0.5) is 60.5 Å². The number of esters is 1. The van der Waals surface area contributed by atoms with E-state index in [1.165, 1.54) is 131 Å². The molecule has 5 fully saturated rings. The summed E-state index contributed by atoms with van der Waals surface area (Å²) in [5.41, 5.74) is 16.6. The van der Waals surface area contributed by atoms with Crippen molar-refractivity contribution in [1.82, 2.24) is 5.32 Å². The second-order valence-electron chi connectivity index (χ2n) is 26.5. The molecular weight excluding hydrogens is 1570 g/mol. The molecule has 8 aromatic rings. The first-order valence-corrected chi connectivity index (χ1v) is 36.2. The van der Waals surface area contributed by atoms with Gasteiger partial charge in [-0.05, 0) is 201 Å². The van der Waals surface area contributed by atoms with E-state index in [1.54, 1.807) is 46.2 Å². The number of ether oxygens (including phenoxy) is 1. The smallest absolute Gasteiger partial charge is 1.00 e. The Bertz CT molecular complexity index is 4580. The molecule has 609 valence electrons. The predicted octanol–water partition coefficient (Wildman–Crippen LogP) is 9.95. The third-order valence-corrected chi connectivity index (χ3v) is 18.3. The van der Waals surface area contributed by atoms with Gasteiger partial charge >= 0.3 is 53.4 Å². The van der Waals surface area contributed by atoms with Crippen LogP contribution >= 0.6 is 23.2 Å². The largest absolute Gasteiger partial charge is 1.00 e. The first kappa shape index (κ1) is 97.7. The Hall–Kier alpha value is -10.7. The molecular formula is C83H87BCl2F6N8NaO15. The van der Waals surface area contributed by atoms with Crippen LogP contribution < -0.4 is 70.8 Å². The number of carbonyl (C=O) groups excluding carboxylic acids is 7. The van der Waals surface area contributed by atoms with Gasteiger partial charge in [-0.3, -0.25) is 38.4 Å². The van der Waals surface area contributed by atoms with Crippen molar-refractivity contribution in [3.8, 4) is 0 Å². The van der Waals surface area contributed by atoms with E-state index in [0.717, 1.165) is 39.7 Å². The van der Waals surface area contributed by atoms with E-state index in [1.807, 2.05) is 55.5 Å². The summed E-state index contributed by atoms with van der Waals surface area (Å²) in [4.78, 5) is 118. The number of nitrogen functional groups attached to an aromatic ring is 1. The van der Waals surface area contributed by atoms with E-state index in [9.17, 15) is 74.3 Å². The molecule has 3 radical (unpaired) electrons. The molecule has 33 heteroatoms. The van der Waals surface area contributed by atoms with E-state index in [-0.39, 0.29) is 184 Å². The van der Waals surface area contributed by atoms with Gasteiger partial charge in [0.1, 0.15) is 41.2 Å². The number of hydrogen-bond donors (Lipinski definition) is 7. The van der Waals surface area contributed by atoms with E-state index in [4.69, 9.17) is 55.1 Å². The second-order valence-corrected chi connectivity index (χ2v) is 27.4. The normalized spacial score (nSPS) is 17.4. The maximum Gasteiger partial charge on any atom is 1.00 e. The number of benzene rings is 8. The fourth-order valence-corrected chi connectivity index (χ4v) is 12.1. The number of methoxy groups -OCH3 is 1. The fraction of sp³-hybridized carbons (Fsp3) is 0.277. The van der Waals surface area contributed by atoms with Gasteiger partial charge < -0.3 is 72.7 Å². The summed E-state index contributed by atoms with van der Waals surface area (Å²) in [7, 11) is 1.30. The van der Waals surface area contributed by atoms with Crippen LogP contribution in [0.2, 0.25) is 10.0 Å². The van der Waals surface area contributed by atoms with Crippen LogP contribution in [0.1, 0.15) is 77.0 Å². The van der Waals surface area contributed by atoms with E-state index in [0.29, 0.717) is 60.9 Å². The topological polar surface area (TPSA) is 341 Å². The van der Waals surface area contributed by atoms with Crippen molar-refractivity contribution in [3.63, 3.8) is 0 Å². The molecule has 23 nitrogen and oxygen atoms in total. The summed E-state index contributed by atoms with van der Waals surface area (Å²) >= 11 is 11.8. The third-order valence-electron chi connectivity index (χ3n) is 17.8. The minimum atomic E-state index is -1.27. The zero-order valence-corrected chi connectivity index (χ0v) is 67.3. The van der Waals surface area contributed by atoms with Crippen LogP contribution in [0, 0.1) is 64.5 Å². The van der Waals surface area contributed by atoms with Gasteiger partial charge in [0, 0.05) is 160 Å². The summed E-state index contributed by atoms with van der Waals surface area (Å²) in [6, 6.07) is 49.9. The second kappa shape index (κ2) is 48.6. The SMILES string of the molecule is C=C(CC(=O)O)C(=O)O.COC(=O)C1CC(=O)N(c2ccc(F)cc2)C1.C[C@@H](N)c1cccc(Cl)c1.C[C@@H](NCC1CC(=O)N(c2ccc(F)cc2)C1)c1cccc(Cl)c1.Nc1ccc(F)cc1.O=C(O)C1CC(=O)N(c2ccc(F)cc2)C1.O=C1CC(CO)CN1c1ccc(F)cc1.O=CC1CC(=O)N(c2ccc(F)cc2)C1.[B].[H-].[Na+]. The Labute approximate surface area is 702 Å². The molecule has 5 saturated heterocycles. The van der Waals surface area contributed by atoms with Crippen molar-refractivity contribution in [2.45, 2.75) is 64.5 Å². The number of aliphatic hydroxyl groups excluding tert-OH is 1. The fourth-order valence-electron chi connectivity index (χ4n) is 11.7. The first-order valence-electron chi connectivity index (χ1n) is 35.5. The summed E-state index contributed by atoms with van der Waals surface area (Å²) < 4.78 is 80.4. The molecule has 5 aliphatic rings. The minimum absolute atomic E-state index is 0. The van der Waals surface area contributed by atoms with Crippen molar-refractivity contribution in [1.29, 1.82) is 0 Å². The van der Waals surface area contributed by atoms with Crippen molar-refractivity contribution in [2.24, 2.45) is 35.3 Å². The van der Waals surface area contributed by atoms with Crippen molar-refractivity contribution < 1.29 is 130 Å². The van der Waals surface area contributed by atoms with Crippen molar-refractivity contribution >= 4 is 125 Å². The summed E-state index contributed by atoms with van der Waals surface area (Å²) in [6.07, 6.45) is 1.56. The van der Waals surface area contributed by atoms with Crippen LogP contribution in [-0.2, 0) is 52.7 Å². The van der Waals surface area contributed by atoms with Gasteiger partial charge in [-0.1, -0.05) is 54.0 Å². The Balaban J connectivity index is 0.000000352. The average molecular weight is 1660 g/mol. The molecule has 5 unspecified atom stereocenters. The summed E-state index contributed by atoms with van der Waals surface area (Å²) in [6.45, 7) is 9.80. The molecule has 5 aliphatic heterocycles. The number of hydrogen-bond acceptors (Lipinski definition) is 15. The summed E-state index contributed by atoms with van der Waals surface area (Å²) in [5, 5.41) is 38.8. The number of nitrogens with one attached hydrogen (secondary N) is 1. The van der Waals surface area contributed by atoms with Gasteiger partial charge in [0.15, 0.2) is 0 Å². The van der Waals surface area contributed by atoms with E-state index >= 15 is 0 Å². The number of halogens is 8. The van der Waals surface area contributed by atoms with Gasteiger partial charge in [0.2, 0.25) is 29.5 Å². The number of aldehydes is 1. The van der Waals surface area contributed by atoms with Crippen LogP contribution in [0.3, 0.4) is 0 Å². The van der Waals surface area contributed by atoms with Gasteiger partial charge in [-0.2, -0.15) is 0 Å². The third kappa shape index (κ3) is 31.8. The Morgan fingerprint density at radius 1 is 0.526 bits per heavy atom. The van der Waals surface area contributed by atoms with E-state index in [2.05, 4.69) is 23.6 Å². The average Bonchev–Trinajstić information content (AvgIpc) is 1.71. The Morgan fingerprint density at radius 3 is 1.17 bits per heavy atom. The maximum atomic E-state index is 13.0. The van der Waals surface area contributed by atoms with Gasteiger partial charge in [-0.15, -0.1) is 0 Å². The molecule has 0 aromatic heterocycles. The number of rotatable bonds is 17. The van der Waals surface area contributed by atoms with E-state index < -0.39 is 36.2 Å². The predicted molar refractivity (Wildman–Crippen MR) is 426 cm³/mol. The van der Waals surface area contributed by atoms with Gasteiger partial charge in [0.05, 0.1) is 25.4 Å². The molecule has 7 atom stereocenters. The van der Waals surface area contributed by atoms with Crippen molar-refractivity contribution in [2.75, 3.05) is 83.2 Å². The van der Waals surface area contributed by atoms with Crippen LogP contribution in [0.5, 0.6) is 0 Å². The molecule has 13 rings (SSSR count). The minimum Gasteiger partial charge on any atom is -1.00 e. The quantitative estimate of drug-likeness (QED) is 0.0111. The molecule has 8 aromatic carbocycles. The molecule has 0 bridgehead atoms. The van der Waals surface area contributed by atoms with Crippen LogP contribution in [0.25, 0.3) is 0 Å². The molecule has 116 heavy (non-hydrogen) atoms. The van der Waals surface area contributed by atoms with Crippen molar-refractivity contribution in [3.05, 3.63) is 262 Å². The number of aliphatic hydroxyl groups is 1. The van der Waals surface area contributed by atoms with Crippen LogP contribution in [-0.4, -0.2) is 142 Å². The molecule has 5 amide bonds. The molecule has 0 saturated carbocycles. The first-order chi connectivity index (χ1) is 54.1. The van der Waals surface area contributed by atoms with Gasteiger partial charge in [0.25, 0.3) is 0 Å². The standard InChI is InChI=1S/C19H20ClFN2O.C12H12FNO3.C11H10FNO3.C11H12FNO2.C11H10FNO2.C8H10ClN.C6H6FN.C5H6O4.B.Na.H/c1-13(15-3-2-4-16(20)10-15)22-11-14-9-19(24)23(12-14)18-7-5-17(21)6-8-18;1-17-12(16)8-6-11(15)14(7-8)10-4-2-9(13)3-5-10;12-8-1-3-9(4-2-8)13-6-7(11(15)16)5-10(13)14;2*12-9-1-3-10(4-2-9)13-6-8(7-14)5-11(13)15;1-6(10)7-3-2-4-8(9)5-7;7-5-1-3-6(8)4-2-5;1-3(5(8)9)2-4(6)7;;;/h2-8,10,13-14,22H,9,11-12H2,1H3;2-5,8H,6-7H2,1H3;1-4,7H,5-6H2,(H,15,16);1-4,8,14H,5-7H2;1-4,7-8H,5-6H2;2-6H,10H2,1H3;1-4H,8H2;1-2H2,(H,6,7)(H,8,9);;;/q;;;;;;;;;+1;-1/t13-,14?;;;;;6-;;;;;/m1....1...../s1. The molecule has 0 spiro atoms. The maximum absolute atomic E-state index is 13.0. The number of nitrogens with two attached hydrogens (primary N) is 2. The number of carboxylic acid groups (broad SMARTS) is 3. The zero-order chi connectivity index (χ0) is 83.9. The summed E-state index contributed by atoms with van der Waals surface area (Å²) in [5.74, 6) is -7.23. The number of carboxylic acids is 3. The number of nitrogens with zero attached hydrogens (tertiary/aromatic N) is 5. The number of amides is 5. The number of aliphatic carboxylic acids is 3. The zero-order valence-electron chi connectivity index (χ0n) is 64.8. The monoisotopic (exact) mass is 1650 g/mol. The number of carbonyl (C=O) groups is 10. The number of anilines is 6. The Morgan fingerprint density at radius 2 is 0.862 bits per heavy atom. The molecule has 9 N–H and O–H groups in total. The molecule has 5 heterocycles. The van der Waals surface area contributed by atoms with Crippen LogP contribution in [0.15, 0.2) is 206 Å².